The van der Waals surface area contributed by atoms with Gasteiger partial charge in [-0.3, -0.25) is 0 Å². The number of aryl methyl sites for hydroxylation is 2. The Morgan fingerprint density at radius 1 is 1.29 bits per heavy atom. The Balaban J connectivity index is 2.15. The first-order valence-electron chi connectivity index (χ1n) is 6.22. The van der Waals surface area contributed by atoms with Crippen LogP contribution in [0.4, 0.5) is 0 Å². The van der Waals surface area contributed by atoms with Crippen LogP contribution in [0.15, 0.2) is 0 Å². The topological polar surface area (TPSA) is 47.0 Å². The summed E-state index contributed by atoms with van der Waals surface area (Å²) in [5.41, 5.74) is 3.35. The van der Waals surface area contributed by atoms with E-state index in [9.17, 15) is 0 Å². The van der Waals surface area contributed by atoms with Crippen LogP contribution in [0.5, 0.6) is 0 Å². The SMILES string of the molecule is COC(C)c1nc(C)c(CNC2CC2)c(C)n1. The summed E-state index contributed by atoms with van der Waals surface area (Å²) in [6.45, 7) is 6.94. The number of nitrogens with zero attached hydrogens (tertiary/aromatic N) is 2. The molecule has 0 amide bonds. The number of aromatic nitrogens is 2. The molecule has 1 heterocycles. The maximum Gasteiger partial charge on any atom is 0.157 e. The summed E-state index contributed by atoms with van der Waals surface area (Å²) in [6.07, 6.45) is 2.56. The summed E-state index contributed by atoms with van der Waals surface area (Å²) in [5.74, 6) is 0.776. The second kappa shape index (κ2) is 5.10. The average Bonchev–Trinajstić information content (AvgIpc) is 3.10. The highest BCUT2D eigenvalue weighted by Gasteiger charge is 2.21. The van der Waals surface area contributed by atoms with Gasteiger partial charge in [-0.25, -0.2) is 9.97 Å². The van der Waals surface area contributed by atoms with Crippen molar-refractivity contribution in [3.8, 4) is 0 Å². The third kappa shape index (κ3) is 3.01. The number of nitrogens with one attached hydrogen (secondary N) is 1. The third-order valence-electron chi connectivity index (χ3n) is 3.30. The van der Waals surface area contributed by atoms with Crippen molar-refractivity contribution in [2.24, 2.45) is 0 Å². The van der Waals surface area contributed by atoms with Crippen molar-refractivity contribution in [3.05, 3.63) is 22.8 Å². The van der Waals surface area contributed by atoms with Gasteiger partial charge in [0.05, 0.1) is 0 Å². The van der Waals surface area contributed by atoms with E-state index in [4.69, 9.17) is 4.74 Å². The van der Waals surface area contributed by atoms with Gasteiger partial charge in [-0.05, 0) is 33.6 Å². The molecular weight excluding hydrogens is 214 g/mol. The van der Waals surface area contributed by atoms with Crippen molar-refractivity contribution in [3.63, 3.8) is 0 Å². The van der Waals surface area contributed by atoms with Crippen molar-refractivity contribution in [1.29, 1.82) is 0 Å². The highest BCUT2D eigenvalue weighted by atomic mass is 16.5. The minimum Gasteiger partial charge on any atom is -0.374 e. The largest absolute Gasteiger partial charge is 0.374 e. The molecule has 1 aromatic rings. The van der Waals surface area contributed by atoms with E-state index in [1.54, 1.807) is 7.11 Å². The zero-order valence-corrected chi connectivity index (χ0v) is 11.1. The van der Waals surface area contributed by atoms with Crippen LogP contribution in [-0.2, 0) is 11.3 Å². The van der Waals surface area contributed by atoms with E-state index in [-0.39, 0.29) is 6.10 Å². The number of hydrogen-bond donors (Lipinski definition) is 1. The van der Waals surface area contributed by atoms with Crippen LogP contribution in [0, 0.1) is 13.8 Å². The molecule has 17 heavy (non-hydrogen) atoms. The lowest BCUT2D eigenvalue weighted by atomic mass is 10.1. The lowest BCUT2D eigenvalue weighted by Gasteiger charge is -2.14. The zero-order chi connectivity index (χ0) is 12.4. The molecule has 1 unspecified atom stereocenters. The van der Waals surface area contributed by atoms with Crippen LogP contribution in [-0.4, -0.2) is 23.1 Å². The molecule has 1 saturated carbocycles. The molecule has 1 fully saturated rings. The lowest BCUT2D eigenvalue weighted by molar-refractivity contribution is 0.111. The fourth-order valence-electron chi connectivity index (χ4n) is 1.84. The summed E-state index contributed by atoms with van der Waals surface area (Å²) in [4.78, 5) is 9.05. The van der Waals surface area contributed by atoms with Crippen molar-refractivity contribution in [1.82, 2.24) is 15.3 Å². The molecule has 94 valence electrons. The van der Waals surface area contributed by atoms with Gasteiger partial charge in [-0.15, -0.1) is 0 Å². The Bertz CT molecular complexity index is 379. The van der Waals surface area contributed by atoms with Crippen LogP contribution in [0.1, 0.15) is 48.6 Å². The molecule has 4 nitrogen and oxygen atoms in total. The molecule has 0 aliphatic heterocycles. The summed E-state index contributed by atoms with van der Waals surface area (Å²) in [6, 6.07) is 0.714. The van der Waals surface area contributed by atoms with Gasteiger partial charge in [0, 0.05) is 36.6 Å². The highest BCUT2D eigenvalue weighted by molar-refractivity contribution is 5.24. The zero-order valence-electron chi connectivity index (χ0n) is 11.1. The van der Waals surface area contributed by atoms with Gasteiger partial charge in [-0.2, -0.15) is 0 Å². The number of hydrogen-bond acceptors (Lipinski definition) is 4. The molecule has 0 bridgehead atoms. The highest BCUT2D eigenvalue weighted by Crippen LogP contribution is 2.21. The van der Waals surface area contributed by atoms with Gasteiger partial charge >= 0.3 is 0 Å². The van der Waals surface area contributed by atoms with E-state index in [0.717, 1.165) is 23.8 Å². The Labute approximate surface area is 103 Å². The van der Waals surface area contributed by atoms with E-state index in [0.29, 0.717) is 6.04 Å². The second-order valence-corrected chi connectivity index (χ2v) is 4.76. The molecule has 1 N–H and O–H groups in total. The van der Waals surface area contributed by atoms with Crippen LogP contribution < -0.4 is 5.32 Å². The molecule has 1 aliphatic carbocycles. The van der Waals surface area contributed by atoms with Gasteiger partial charge in [0.2, 0.25) is 0 Å². The van der Waals surface area contributed by atoms with E-state index in [2.05, 4.69) is 15.3 Å². The van der Waals surface area contributed by atoms with Gasteiger partial charge in [0.1, 0.15) is 6.10 Å². The molecule has 1 aromatic heterocycles. The number of rotatable bonds is 5. The van der Waals surface area contributed by atoms with Crippen LogP contribution in [0.25, 0.3) is 0 Å². The van der Waals surface area contributed by atoms with Gasteiger partial charge in [0.25, 0.3) is 0 Å². The van der Waals surface area contributed by atoms with Gasteiger partial charge in [-0.1, -0.05) is 0 Å². The first-order valence-corrected chi connectivity index (χ1v) is 6.22. The first-order chi connectivity index (χ1) is 8.11. The normalized spacial score (nSPS) is 17.2. The fraction of sp³-hybridized carbons (Fsp3) is 0.692. The van der Waals surface area contributed by atoms with Crippen LogP contribution in [0.3, 0.4) is 0 Å². The quantitative estimate of drug-likeness (QED) is 0.848. The summed E-state index contributed by atoms with van der Waals surface area (Å²) in [5, 5.41) is 3.51. The van der Waals surface area contributed by atoms with Crippen LogP contribution >= 0.6 is 0 Å². The lowest BCUT2D eigenvalue weighted by Crippen LogP contribution is -2.19. The first kappa shape index (κ1) is 12.5. The fourth-order valence-corrected chi connectivity index (χ4v) is 1.84. The van der Waals surface area contributed by atoms with Crippen molar-refractivity contribution in [2.75, 3.05) is 7.11 Å². The molecule has 0 saturated heterocycles. The van der Waals surface area contributed by atoms with E-state index in [1.165, 1.54) is 18.4 Å². The summed E-state index contributed by atoms with van der Waals surface area (Å²) >= 11 is 0. The maximum absolute atomic E-state index is 5.25. The van der Waals surface area contributed by atoms with Gasteiger partial charge in [0.15, 0.2) is 5.82 Å². The van der Waals surface area contributed by atoms with Crippen molar-refractivity contribution >= 4 is 0 Å². The summed E-state index contributed by atoms with van der Waals surface area (Å²) in [7, 11) is 1.68. The monoisotopic (exact) mass is 235 g/mol. The Morgan fingerprint density at radius 3 is 2.35 bits per heavy atom. The Hall–Kier alpha value is -1.00. The van der Waals surface area contributed by atoms with Crippen LogP contribution in [0.2, 0.25) is 0 Å². The van der Waals surface area contributed by atoms with Gasteiger partial charge < -0.3 is 10.1 Å². The predicted molar refractivity (Wildman–Crippen MR) is 66.8 cm³/mol. The second-order valence-electron chi connectivity index (χ2n) is 4.76. The molecule has 2 rings (SSSR count). The number of methoxy groups -OCH3 is 1. The smallest absolute Gasteiger partial charge is 0.157 e. The minimum absolute atomic E-state index is 0.0437. The Morgan fingerprint density at radius 2 is 1.88 bits per heavy atom. The third-order valence-corrected chi connectivity index (χ3v) is 3.30. The number of ether oxygens (including phenoxy) is 1. The maximum atomic E-state index is 5.25. The molecular formula is C13H21N3O. The standard InChI is InChI=1S/C13H21N3O/c1-8-12(7-14-11-5-6-11)9(2)16-13(15-8)10(3)17-4/h10-11,14H,5-7H2,1-4H3. The van der Waals surface area contributed by atoms with Crippen molar-refractivity contribution < 1.29 is 4.74 Å². The predicted octanol–water partition coefficient (Wildman–Crippen LogP) is 2.05. The van der Waals surface area contributed by atoms with E-state index in [1.807, 2.05) is 20.8 Å². The van der Waals surface area contributed by atoms with E-state index >= 15 is 0 Å². The van der Waals surface area contributed by atoms with E-state index < -0.39 is 0 Å². The molecule has 1 atom stereocenters. The minimum atomic E-state index is -0.0437. The summed E-state index contributed by atoms with van der Waals surface area (Å²) < 4.78 is 5.25. The Kier molecular flexibility index (Phi) is 3.74. The average molecular weight is 235 g/mol. The molecule has 4 heteroatoms. The molecule has 0 radical (unpaired) electrons. The molecule has 1 aliphatic rings. The molecule has 0 aromatic carbocycles. The van der Waals surface area contributed by atoms with Crippen molar-refractivity contribution in [2.45, 2.75) is 52.3 Å². The molecule has 0 spiro atoms.